The standard InChI is InChI=1S/C22H25NO6/c1-26-18-9-5-16(6-10-18)7-12-21(24)23(15-22(25)29-4)14-17-8-11-19(27-2)13-20(17)28-3/h5-13H,14-15H2,1-4H3/b12-7+. The summed E-state index contributed by atoms with van der Waals surface area (Å²) >= 11 is 0. The van der Waals surface area contributed by atoms with Gasteiger partial charge in [0.1, 0.15) is 23.8 Å². The number of hydrogen-bond donors (Lipinski definition) is 0. The molecule has 0 aliphatic carbocycles. The van der Waals surface area contributed by atoms with Crippen molar-refractivity contribution in [3.05, 3.63) is 59.7 Å². The van der Waals surface area contributed by atoms with E-state index < -0.39 is 5.97 Å². The number of ether oxygens (including phenoxy) is 4. The normalized spacial score (nSPS) is 10.5. The Morgan fingerprint density at radius 2 is 1.55 bits per heavy atom. The average Bonchev–Trinajstić information content (AvgIpc) is 2.77. The minimum absolute atomic E-state index is 0.175. The van der Waals surface area contributed by atoms with Gasteiger partial charge in [-0.05, 0) is 35.9 Å². The summed E-state index contributed by atoms with van der Waals surface area (Å²) in [6, 6.07) is 12.6. The van der Waals surface area contributed by atoms with Gasteiger partial charge in [0.05, 0.1) is 35.0 Å². The van der Waals surface area contributed by atoms with Crippen molar-refractivity contribution in [3.8, 4) is 17.2 Å². The van der Waals surface area contributed by atoms with Crippen molar-refractivity contribution in [2.24, 2.45) is 0 Å². The molecule has 0 aliphatic rings. The van der Waals surface area contributed by atoms with E-state index in [1.54, 1.807) is 50.6 Å². The molecule has 7 heteroatoms. The monoisotopic (exact) mass is 399 g/mol. The lowest BCUT2D eigenvalue weighted by atomic mass is 10.1. The molecule has 0 N–H and O–H groups in total. The predicted octanol–water partition coefficient (Wildman–Crippen LogP) is 2.93. The third kappa shape index (κ3) is 6.27. The van der Waals surface area contributed by atoms with Gasteiger partial charge in [0.15, 0.2) is 0 Å². The van der Waals surface area contributed by atoms with Gasteiger partial charge in [-0.1, -0.05) is 12.1 Å². The van der Waals surface area contributed by atoms with E-state index in [1.807, 2.05) is 12.1 Å². The first-order chi connectivity index (χ1) is 14.0. The van der Waals surface area contributed by atoms with Crippen LogP contribution in [0.5, 0.6) is 17.2 Å². The zero-order valence-electron chi connectivity index (χ0n) is 17.0. The van der Waals surface area contributed by atoms with Crippen molar-refractivity contribution in [1.82, 2.24) is 4.90 Å². The third-order valence-electron chi connectivity index (χ3n) is 4.25. The first kappa shape index (κ1) is 21.8. The Kier molecular flexibility index (Phi) is 8.09. The van der Waals surface area contributed by atoms with Crippen LogP contribution in [0.25, 0.3) is 6.08 Å². The average molecular weight is 399 g/mol. The van der Waals surface area contributed by atoms with Crippen LogP contribution in [-0.4, -0.2) is 51.8 Å². The molecule has 29 heavy (non-hydrogen) atoms. The number of nitrogens with zero attached hydrogens (tertiary/aromatic N) is 1. The lowest BCUT2D eigenvalue weighted by Gasteiger charge is -2.21. The van der Waals surface area contributed by atoms with Crippen molar-refractivity contribution in [2.75, 3.05) is 35.0 Å². The fraction of sp³-hybridized carbons (Fsp3) is 0.273. The van der Waals surface area contributed by atoms with Crippen molar-refractivity contribution in [3.63, 3.8) is 0 Å². The third-order valence-corrected chi connectivity index (χ3v) is 4.25. The highest BCUT2D eigenvalue weighted by Gasteiger charge is 2.18. The van der Waals surface area contributed by atoms with E-state index in [9.17, 15) is 9.59 Å². The highest BCUT2D eigenvalue weighted by atomic mass is 16.5. The number of amides is 1. The Labute approximate surface area is 170 Å². The van der Waals surface area contributed by atoms with Gasteiger partial charge in [-0.15, -0.1) is 0 Å². The maximum absolute atomic E-state index is 12.8. The molecular weight excluding hydrogens is 374 g/mol. The summed E-state index contributed by atoms with van der Waals surface area (Å²) in [6.45, 7) is -0.00841. The Morgan fingerprint density at radius 3 is 2.14 bits per heavy atom. The molecule has 2 aromatic carbocycles. The number of rotatable bonds is 9. The van der Waals surface area contributed by atoms with Crippen LogP contribution >= 0.6 is 0 Å². The summed E-state index contributed by atoms with van der Waals surface area (Å²) in [4.78, 5) is 26.0. The van der Waals surface area contributed by atoms with Crippen LogP contribution in [0.3, 0.4) is 0 Å². The quantitative estimate of drug-likeness (QED) is 0.477. The number of methoxy groups -OCH3 is 4. The van der Waals surface area contributed by atoms with E-state index in [2.05, 4.69) is 0 Å². The molecule has 0 fully saturated rings. The Hall–Kier alpha value is -3.48. The van der Waals surface area contributed by atoms with Gasteiger partial charge in [-0.3, -0.25) is 9.59 Å². The first-order valence-corrected chi connectivity index (χ1v) is 8.89. The summed E-state index contributed by atoms with van der Waals surface area (Å²) in [5.41, 5.74) is 1.57. The molecule has 2 rings (SSSR count). The molecule has 0 spiro atoms. The Bertz CT molecular complexity index is 860. The lowest BCUT2D eigenvalue weighted by molar-refractivity contribution is -0.145. The molecule has 0 aliphatic heterocycles. The van der Waals surface area contributed by atoms with Crippen LogP contribution in [0.1, 0.15) is 11.1 Å². The van der Waals surface area contributed by atoms with Gasteiger partial charge >= 0.3 is 5.97 Å². The van der Waals surface area contributed by atoms with Gasteiger partial charge in [0.25, 0.3) is 0 Å². The van der Waals surface area contributed by atoms with E-state index in [4.69, 9.17) is 18.9 Å². The molecule has 0 atom stereocenters. The molecular formula is C22H25NO6. The molecule has 0 radical (unpaired) electrons. The SMILES string of the molecule is COC(=O)CN(Cc1ccc(OC)cc1OC)C(=O)/C=C/c1ccc(OC)cc1. The van der Waals surface area contributed by atoms with Gasteiger partial charge in [-0.2, -0.15) is 0 Å². The molecule has 0 heterocycles. The molecule has 1 amide bonds. The maximum Gasteiger partial charge on any atom is 0.325 e. The van der Waals surface area contributed by atoms with Crippen molar-refractivity contribution >= 4 is 18.0 Å². The second-order valence-electron chi connectivity index (χ2n) is 6.05. The fourth-order valence-corrected chi connectivity index (χ4v) is 2.61. The lowest BCUT2D eigenvalue weighted by Crippen LogP contribution is -2.34. The number of carbonyl (C=O) groups excluding carboxylic acids is 2. The van der Waals surface area contributed by atoms with Gasteiger partial charge < -0.3 is 23.8 Å². The number of carbonyl (C=O) groups is 2. The molecule has 2 aromatic rings. The van der Waals surface area contributed by atoms with Crippen LogP contribution in [0.4, 0.5) is 0 Å². The number of esters is 1. The van der Waals surface area contributed by atoms with Gasteiger partial charge in [-0.25, -0.2) is 0 Å². The molecule has 0 saturated heterocycles. The molecule has 0 aromatic heterocycles. The van der Waals surface area contributed by atoms with Crippen molar-refractivity contribution in [2.45, 2.75) is 6.54 Å². The number of benzene rings is 2. The highest BCUT2D eigenvalue weighted by molar-refractivity contribution is 5.93. The van der Waals surface area contributed by atoms with Crippen LogP contribution in [0.15, 0.2) is 48.5 Å². The minimum Gasteiger partial charge on any atom is -0.497 e. The summed E-state index contributed by atoms with van der Waals surface area (Å²) in [6.07, 6.45) is 3.10. The molecule has 0 saturated carbocycles. The summed E-state index contributed by atoms with van der Waals surface area (Å²) < 4.78 is 20.4. The Balaban J connectivity index is 2.21. The zero-order chi connectivity index (χ0) is 21.2. The second kappa shape index (κ2) is 10.8. The van der Waals surface area contributed by atoms with Crippen molar-refractivity contribution in [1.29, 1.82) is 0 Å². The number of hydrogen-bond acceptors (Lipinski definition) is 6. The zero-order valence-corrected chi connectivity index (χ0v) is 17.0. The molecule has 7 nitrogen and oxygen atoms in total. The van der Waals surface area contributed by atoms with Crippen molar-refractivity contribution < 1.29 is 28.5 Å². The first-order valence-electron chi connectivity index (χ1n) is 8.89. The minimum atomic E-state index is -0.510. The van der Waals surface area contributed by atoms with E-state index in [0.29, 0.717) is 11.5 Å². The van der Waals surface area contributed by atoms with E-state index >= 15 is 0 Å². The molecule has 0 unspecified atom stereocenters. The van der Waals surface area contributed by atoms with Crippen LogP contribution in [0.2, 0.25) is 0 Å². The van der Waals surface area contributed by atoms with E-state index in [1.165, 1.54) is 25.2 Å². The van der Waals surface area contributed by atoms with Crippen LogP contribution < -0.4 is 14.2 Å². The van der Waals surface area contributed by atoms with Gasteiger partial charge in [0.2, 0.25) is 5.91 Å². The second-order valence-corrected chi connectivity index (χ2v) is 6.05. The van der Waals surface area contributed by atoms with Gasteiger partial charge in [0, 0.05) is 17.7 Å². The Morgan fingerprint density at radius 1 is 0.897 bits per heavy atom. The fourth-order valence-electron chi connectivity index (χ4n) is 2.61. The topological polar surface area (TPSA) is 74.3 Å². The smallest absolute Gasteiger partial charge is 0.325 e. The van der Waals surface area contributed by atoms with Crippen LogP contribution in [0, 0.1) is 0 Å². The van der Waals surface area contributed by atoms with E-state index in [0.717, 1.165) is 16.9 Å². The summed E-state index contributed by atoms with van der Waals surface area (Å²) in [7, 11) is 5.97. The largest absolute Gasteiger partial charge is 0.497 e. The molecule has 0 bridgehead atoms. The summed E-state index contributed by atoms with van der Waals surface area (Å²) in [5, 5.41) is 0. The van der Waals surface area contributed by atoms with E-state index in [-0.39, 0.29) is 19.0 Å². The van der Waals surface area contributed by atoms with Crippen LogP contribution in [-0.2, 0) is 20.9 Å². The molecule has 154 valence electrons. The summed E-state index contributed by atoms with van der Waals surface area (Å²) in [5.74, 6) is 1.09. The predicted molar refractivity (Wildman–Crippen MR) is 109 cm³/mol. The highest BCUT2D eigenvalue weighted by Crippen LogP contribution is 2.26. The maximum atomic E-state index is 12.8.